The number of nitrogens with zero attached hydrogens (tertiary/aromatic N) is 1. The van der Waals surface area contributed by atoms with Gasteiger partial charge in [0.15, 0.2) is 0 Å². The molecule has 1 fully saturated rings. The Labute approximate surface area is 126 Å². The first-order chi connectivity index (χ1) is 9.54. The fraction of sp³-hybridized carbons (Fsp3) is 0.800. The smallest absolute Gasteiger partial charge is 0.245 e. The number of likely N-dealkylation sites (tertiary alicyclic amines) is 1. The van der Waals surface area contributed by atoms with Crippen molar-refractivity contribution in [1.29, 1.82) is 0 Å². The first-order valence-corrected chi connectivity index (χ1v) is 7.38. The minimum atomic E-state index is -0.827. The molecule has 1 aliphatic heterocycles. The van der Waals surface area contributed by atoms with E-state index in [1.54, 1.807) is 46.6 Å². The molecule has 0 aromatic rings. The molecule has 0 saturated carbocycles. The van der Waals surface area contributed by atoms with Gasteiger partial charge >= 0.3 is 0 Å². The molecule has 1 saturated heterocycles. The van der Waals surface area contributed by atoms with Gasteiger partial charge in [0.05, 0.1) is 0 Å². The van der Waals surface area contributed by atoms with Crippen LogP contribution in [0, 0.1) is 5.41 Å². The molecule has 6 heteroatoms. The van der Waals surface area contributed by atoms with Crippen LogP contribution in [0.15, 0.2) is 0 Å². The number of hydrogen-bond donors (Lipinski definition) is 2. The highest BCUT2D eigenvalue weighted by atomic mass is 16.2. The first kappa shape index (κ1) is 17.5. The maximum Gasteiger partial charge on any atom is 0.245 e. The minimum absolute atomic E-state index is 0.164. The molecule has 6 nitrogen and oxygen atoms in total. The lowest BCUT2D eigenvalue weighted by Crippen LogP contribution is -2.59. The summed E-state index contributed by atoms with van der Waals surface area (Å²) in [6.07, 6.45) is 1.42. The van der Waals surface area contributed by atoms with Crippen molar-refractivity contribution in [2.24, 2.45) is 5.41 Å². The van der Waals surface area contributed by atoms with Gasteiger partial charge in [0.2, 0.25) is 17.7 Å². The molecule has 0 radical (unpaired) electrons. The van der Waals surface area contributed by atoms with Crippen LogP contribution in [0.1, 0.15) is 47.5 Å². The molecule has 2 N–H and O–H groups in total. The van der Waals surface area contributed by atoms with Crippen molar-refractivity contribution in [1.82, 2.24) is 15.5 Å². The van der Waals surface area contributed by atoms with Gasteiger partial charge in [-0.05, 0) is 26.7 Å². The number of nitrogens with one attached hydrogen (secondary N) is 2. The second-order valence-electron chi connectivity index (χ2n) is 6.89. The summed E-state index contributed by atoms with van der Waals surface area (Å²) in [4.78, 5) is 38.2. The number of hydrogen-bond acceptors (Lipinski definition) is 3. The van der Waals surface area contributed by atoms with E-state index >= 15 is 0 Å². The zero-order valence-electron chi connectivity index (χ0n) is 13.9. The second kappa shape index (κ2) is 6.03. The molecule has 1 aliphatic rings. The highest BCUT2D eigenvalue weighted by Gasteiger charge is 2.46. The Hall–Kier alpha value is -1.59. The zero-order chi connectivity index (χ0) is 16.4. The summed E-state index contributed by atoms with van der Waals surface area (Å²) in [5.41, 5.74) is -1.38. The summed E-state index contributed by atoms with van der Waals surface area (Å²) >= 11 is 0. The predicted octanol–water partition coefficient (Wildman–Crippen LogP) is 0.664. The second-order valence-corrected chi connectivity index (χ2v) is 6.89. The van der Waals surface area contributed by atoms with E-state index in [4.69, 9.17) is 0 Å². The maximum atomic E-state index is 12.6. The van der Waals surface area contributed by atoms with E-state index in [-0.39, 0.29) is 17.7 Å². The molecule has 0 unspecified atom stereocenters. The first-order valence-electron chi connectivity index (χ1n) is 7.38. The lowest BCUT2D eigenvalue weighted by molar-refractivity contribution is -0.146. The third-order valence-electron chi connectivity index (χ3n) is 4.02. The van der Waals surface area contributed by atoms with Gasteiger partial charge in [-0.25, -0.2) is 0 Å². The maximum absolute atomic E-state index is 12.6. The molecular formula is C15H27N3O3. The van der Waals surface area contributed by atoms with E-state index in [2.05, 4.69) is 10.6 Å². The summed E-state index contributed by atoms with van der Waals surface area (Å²) in [6.45, 7) is 9.36. The van der Waals surface area contributed by atoms with Gasteiger partial charge in [0.25, 0.3) is 0 Å². The van der Waals surface area contributed by atoms with Crippen molar-refractivity contribution >= 4 is 17.7 Å². The van der Waals surface area contributed by atoms with E-state index in [0.29, 0.717) is 13.0 Å². The standard InChI is InChI=1S/C15H27N3O3/c1-10(17-12(20)14(2,3)4)11(19)18-9-7-8-15(18,5)13(21)16-6/h10H,7-9H2,1-6H3,(H,16,21)(H,17,20)/t10-,15-/m0/s1. The lowest BCUT2D eigenvalue weighted by Gasteiger charge is -2.35. The highest BCUT2D eigenvalue weighted by Crippen LogP contribution is 2.29. The Bertz CT molecular complexity index is 442. The zero-order valence-corrected chi connectivity index (χ0v) is 13.9. The predicted molar refractivity (Wildman–Crippen MR) is 80.5 cm³/mol. The number of amides is 3. The van der Waals surface area contributed by atoms with Gasteiger partial charge in [-0.2, -0.15) is 0 Å². The SMILES string of the molecule is CNC(=O)[C@]1(C)CCCN1C(=O)[C@H](C)NC(=O)C(C)(C)C. The molecule has 1 rings (SSSR count). The van der Waals surface area contributed by atoms with E-state index < -0.39 is 17.0 Å². The lowest BCUT2D eigenvalue weighted by atomic mass is 9.94. The Morgan fingerprint density at radius 2 is 1.81 bits per heavy atom. The van der Waals surface area contributed by atoms with Crippen LogP contribution in [0.25, 0.3) is 0 Å². The van der Waals surface area contributed by atoms with Gasteiger partial charge in [-0.1, -0.05) is 20.8 Å². The average Bonchev–Trinajstić information content (AvgIpc) is 2.78. The summed E-state index contributed by atoms with van der Waals surface area (Å²) in [5.74, 6) is -0.553. The number of carbonyl (C=O) groups is 3. The summed E-state index contributed by atoms with van der Waals surface area (Å²) in [5, 5.41) is 5.35. The fourth-order valence-corrected chi connectivity index (χ4v) is 2.53. The van der Waals surface area contributed by atoms with Crippen LogP contribution >= 0.6 is 0 Å². The van der Waals surface area contributed by atoms with E-state index in [1.165, 1.54) is 0 Å². The van der Waals surface area contributed by atoms with E-state index in [0.717, 1.165) is 6.42 Å². The molecule has 0 aliphatic carbocycles. The van der Waals surface area contributed by atoms with Gasteiger partial charge < -0.3 is 15.5 Å². The van der Waals surface area contributed by atoms with Crippen LogP contribution in [0.5, 0.6) is 0 Å². The van der Waals surface area contributed by atoms with Crippen molar-refractivity contribution in [2.45, 2.75) is 59.0 Å². The Kier molecular flexibility index (Phi) is 5.02. The van der Waals surface area contributed by atoms with E-state index in [9.17, 15) is 14.4 Å². The minimum Gasteiger partial charge on any atom is -0.357 e. The third kappa shape index (κ3) is 3.54. The summed E-state index contributed by atoms with van der Waals surface area (Å²) in [7, 11) is 1.57. The molecule has 0 spiro atoms. The molecule has 1 heterocycles. The van der Waals surface area contributed by atoms with Crippen LogP contribution in [-0.2, 0) is 14.4 Å². The molecule has 0 aromatic heterocycles. The largest absolute Gasteiger partial charge is 0.357 e. The molecule has 0 aromatic carbocycles. The molecular weight excluding hydrogens is 270 g/mol. The van der Waals surface area contributed by atoms with Gasteiger partial charge in [-0.3, -0.25) is 14.4 Å². The topological polar surface area (TPSA) is 78.5 Å². The Morgan fingerprint density at radius 3 is 2.29 bits per heavy atom. The Balaban J connectivity index is 2.83. The van der Waals surface area contributed by atoms with Crippen molar-refractivity contribution in [3.63, 3.8) is 0 Å². The average molecular weight is 297 g/mol. The van der Waals surface area contributed by atoms with Crippen molar-refractivity contribution < 1.29 is 14.4 Å². The molecule has 21 heavy (non-hydrogen) atoms. The van der Waals surface area contributed by atoms with Crippen molar-refractivity contribution in [2.75, 3.05) is 13.6 Å². The normalized spacial score (nSPS) is 23.6. The number of likely N-dealkylation sites (N-methyl/N-ethyl adjacent to an activating group) is 1. The van der Waals surface area contributed by atoms with Gasteiger partial charge in [-0.15, -0.1) is 0 Å². The third-order valence-corrected chi connectivity index (χ3v) is 4.02. The van der Waals surface area contributed by atoms with Crippen LogP contribution in [-0.4, -0.2) is 47.8 Å². The van der Waals surface area contributed by atoms with Crippen LogP contribution in [0.3, 0.4) is 0 Å². The highest BCUT2D eigenvalue weighted by molar-refractivity contribution is 5.95. The molecule has 2 atom stereocenters. The fourth-order valence-electron chi connectivity index (χ4n) is 2.53. The Morgan fingerprint density at radius 1 is 1.24 bits per heavy atom. The van der Waals surface area contributed by atoms with Crippen molar-refractivity contribution in [3.05, 3.63) is 0 Å². The molecule has 3 amide bonds. The molecule has 120 valence electrons. The van der Waals surface area contributed by atoms with Crippen LogP contribution < -0.4 is 10.6 Å². The van der Waals surface area contributed by atoms with Crippen molar-refractivity contribution in [3.8, 4) is 0 Å². The quantitative estimate of drug-likeness (QED) is 0.803. The van der Waals surface area contributed by atoms with Gasteiger partial charge in [0.1, 0.15) is 11.6 Å². The van der Waals surface area contributed by atoms with Crippen LogP contribution in [0.4, 0.5) is 0 Å². The number of carbonyl (C=O) groups excluding carboxylic acids is 3. The van der Waals surface area contributed by atoms with Gasteiger partial charge in [0, 0.05) is 19.0 Å². The van der Waals surface area contributed by atoms with Crippen LogP contribution in [0.2, 0.25) is 0 Å². The summed E-state index contributed by atoms with van der Waals surface area (Å²) < 4.78 is 0. The molecule has 0 bridgehead atoms. The summed E-state index contributed by atoms with van der Waals surface area (Å²) in [6, 6.07) is -0.640. The number of rotatable bonds is 3. The van der Waals surface area contributed by atoms with E-state index in [1.807, 2.05) is 0 Å². The monoisotopic (exact) mass is 297 g/mol.